The molecule has 2 unspecified atom stereocenters. The first kappa shape index (κ1) is 16.5. The quantitative estimate of drug-likeness (QED) is 0.764. The van der Waals surface area contributed by atoms with Gasteiger partial charge in [0.2, 0.25) is 11.8 Å². The zero-order valence-corrected chi connectivity index (χ0v) is 14.9. The molecule has 6 heteroatoms. The van der Waals surface area contributed by atoms with Gasteiger partial charge in [-0.25, -0.2) is 0 Å². The van der Waals surface area contributed by atoms with E-state index in [9.17, 15) is 9.59 Å². The summed E-state index contributed by atoms with van der Waals surface area (Å²) in [4.78, 5) is 26.3. The lowest BCUT2D eigenvalue weighted by atomic mass is 9.98. The maximum absolute atomic E-state index is 12.8. The lowest BCUT2D eigenvalue weighted by Gasteiger charge is -2.27. The average molecular weight is 421 g/mol. The minimum absolute atomic E-state index is 0.0849. The molecule has 114 valence electrons. The van der Waals surface area contributed by atoms with Crippen molar-refractivity contribution in [2.45, 2.75) is 32.7 Å². The number of benzene rings is 1. The molecular formula is C15H18ClIN2O2. The number of carbonyl (C=O) groups is 2. The summed E-state index contributed by atoms with van der Waals surface area (Å²) in [6, 6.07) is 5.09. The standard InChI is InChI=1S/C15H18ClIN2O2/c1-3-9(2)14-15(21)19(7-6-13(20)18-14)12-5-4-10(17)8-11(12)16/h4-5,8-9,14H,3,6-7H2,1-2H3,(H,18,20). The van der Waals surface area contributed by atoms with Crippen LogP contribution in [0.15, 0.2) is 18.2 Å². The van der Waals surface area contributed by atoms with Crippen LogP contribution in [0.3, 0.4) is 0 Å². The summed E-state index contributed by atoms with van der Waals surface area (Å²) in [6.45, 7) is 4.34. The van der Waals surface area contributed by atoms with Gasteiger partial charge in [-0.15, -0.1) is 0 Å². The van der Waals surface area contributed by atoms with E-state index in [0.717, 1.165) is 9.99 Å². The summed E-state index contributed by atoms with van der Waals surface area (Å²) in [5, 5.41) is 3.37. The van der Waals surface area contributed by atoms with E-state index < -0.39 is 6.04 Å². The van der Waals surface area contributed by atoms with Gasteiger partial charge in [0.1, 0.15) is 6.04 Å². The summed E-state index contributed by atoms with van der Waals surface area (Å²) >= 11 is 8.45. The van der Waals surface area contributed by atoms with Crippen LogP contribution in [0, 0.1) is 9.49 Å². The largest absolute Gasteiger partial charge is 0.344 e. The Labute approximate surface area is 143 Å². The third-order valence-electron chi connectivity index (χ3n) is 3.82. The molecule has 1 fully saturated rings. The van der Waals surface area contributed by atoms with E-state index in [1.54, 1.807) is 4.90 Å². The van der Waals surface area contributed by atoms with Gasteiger partial charge >= 0.3 is 0 Å². The number of rotatable bonds is 3. The molecule has 0 bridgehead atoms. The Bertz CT molecular complexity index is 565. The average Bonchev–Trinajstić information content (AvgIpc) is 2.59. The second kappa shape index (κ2) is 6.96. The maximum Gasteiger partial charge on any atom is 0.249 e. The van der Waals surface area contributed by atoms with Crippen LogP contribution < -0.4 is 10.2 Å². The minimum Gasteiger partial charge on any atom is -0.344 e. The second-order valence-electron chi connectivity index (χ2n) is 5.27. The molecule has 1 aliphatic heterocycles. The topological polar surface area (TPSA) is 49.4 Å². The van der Waals surface area contributed by atoms with E-state index in [2.05, 4.69) is 27.9 Å². The Morgan fingerprint density at radius 1 is 1.48 bits per heavy atom. The highest BCUT2D eigenvalue weighted by Gasteiger charge is 2.34. The number of amides is 2. The first-order valence-corrected chi connectivity index (χ1v) is 8.45. The fraction of sp³-hybridized carbons (Fsp3) is 0.467. The molecule has 1 saturated heterocycles. The van der Waals surface area contributed by atoms with E-state index in [0.29, 0.717) is 23.7 Å². The number of nitrogens with one attached hydrogen (secondary N) is 1. The second-order valence-corrected chi connectivity index (χ2v) is 6.92. The zero-order chi connectivity index (χ0) is 15.6. The van der Waals surface area contributed by atoms with Crippen LogP contribution >= 0.6 is 34.2 Å². The molecule has 2 rings (SSSR count). The molecule has 2 amide bonds. The molecule has 1 aromatic carbocycles. The normalized spacial score (nSPS) is 21.0. The van der Waals surface area contributed by atoms with Gasteiger partial charge in [-0.05, 0) is 46.7 Å². The van der Waals surface area contributed by atoms with Gasteiger partial charge in [-0.1, -0.05) is 31.9 Å². The molecule has 0 aromatic heterocycles. The van der Waals surface area contributed by atoms with Crippen molar-refractivity contribution in [1.82, 2.24) is 5.32 Å². The van der Waals surface area contributed by atoms with E-state index >= 15 is 0 Å². The molecule has 1 heterocycles. The van der Waals surface area contributed by atoms with Crippen molar-refractivity contribution in [3.8, 4) is 0 Å². The minimum atomic E-state index is -0.486. The lowest BCUT2D eigenvalue weighted by Crippen LogP contribution is -2.48. The summed E-state index contributed by atoms with van der Waals surface area (Å²) in [6.07, 6.45) is 1.12. The molecule has 1 aliphatic rings. The third kappa shape index (κ3) is 3.69. The predicted octanol–water partition coefficient (Wildman–Crippen LogP) is 3.21. The molecule has 0 saturated carbocycles. The monoisotopic (exact) mass is 420 g/mol. The zero-order valence-electron chi connectivity index (χ0n) is 12.0. The van der Waals surface area contributed by atoms with E-state index in [4.69, 9.17) is 11.6 Å². The van der Waals surface area contributed by atoms with Gasteiger partial charge in [-0.3, -0.25) is 9.59 Å². The molecule has 21 heavy (non-hydrogen) atoms. The highest BCUT2D eigenvalue weighted by molar-refractivity contribution is 14.1. The van der Waals surface area contributed by atoms with E-state index in [-0.39, 0.29) is 17.7 Å². The van der Waals surface area contributed by atoms with Gasteiger partial charge in [-0.2, -0.15) is 0 Å². The fourth-order valence-electron chi connectivity index (χ4n) is 2.36. The van der Waals surface area contributed by atoms with Crippen molar-refractivity contribution in [3.05, 3.63) is 26.8 Å². The lowest BCUT2D eigenvalue weighted by molar-refractivity contribution is -0.126. The Kier molecular flexibility index (Phi) is 5.48. The van der Waals surface area contributed by atoms with E-state index in [1.165, 1.54) is 0 Å². The van der Waals surface area contributed by atoms with Crippen molar-refractivity contribution in [2.24, 2.45) is 5.92 Å². The summed E-state index contributed by atoms with van der Waals surface area (Å²) in [5.74, 6) is -0.0826. The first-order chi connectivity index (χ1) is 9.93. The Morgan fingerprint density at radius 3 is 2.81 bits per heavy atom. The number of nitrogens with zero attached hydrogens (tertiary/aromatic N) is 1. The number of halogens is 2. The van der Waals surface area contributed by atoms with E-state index in [1.807, 2.05) is 32.0 Å². The van der Waals surface area contributed by atoms with Crippen molar-refractivity contribution in [1.29, 1.82) is 0 Å². The summed E-state index contributed by atoms with van der Waals surface area (Å²) < 4.78 is 1.01. The van der Waals surface area contributed by atoms with Crippen molar-refractivity contribution >= 4 is 51.7 Å². The molecule has 0 spiro atoms. The van der Waals surface area contributed by atoms with Crippen LogP contribution in [0.25, 0.3) is 0 Å². The maximum atomic E-state index is 12.8. The van der Waals surface area contributed by atoms with Crippen LogP contribution in [0.1, 0.15) is 26.7 Å². The van der Waals surface area contributed by atoms with Crippen LogP contribution in [-0.4, -0.2) is 24.4 Å². The molecule has 1 N–H and O–H groups in total. The van der Waals surface area contributed by atoms with Gasteiger partial charge in [0.05, 0.1) is 10.7 Å². The summed E-state index contributed by atoms with van der Waals surface area (Å²) in [7, 11) is 0. The molecule has 4 nitrogen and oxygen atoms in total. The van der Waals surface area contributed by atoms with Crippen molar-refractivity contribution in [3.63, 3.8) is 0 Å². The molecule has 2 atom stereocenters. The highest BCUT2D eigenvalue weighted by atomic mass is 127. The smallest absolute Gasteiger partial charge is 0.249 e. The molecule has 0 aliphatic carbocycles. The first-order valence-electron chi connectivity index (χ1n) is 6.99. The van der Waals surface area contributed by atoms with Crippen LogP contribution in [0.2, 0.25) is 5.02 Å². The van der Waals surface area contributed by atoms with Gasteiger partial charge in [0.15, 0.2) is 0 Å². The van der Waals surface area contributed by atoms with Gasteiger partial charge in [0.25, 0.3) is 0 Å². The number of carbonyl (C=O) groups excluding carboxylic acids is 2. The Balaban J connectivity index is 2.37. The van der Waals surface area contributed by atoms with Crippen molar-refractivity contribution in [2.75, 3.05) is 11.4 Å². The SMILES string of the molecule is CCC(C)C1NC(=O)CCN(c2ccc(I)cc2Cl)C1=O. The molecule has 0 radical (unpaired) electrons. The molecule has 1 aromatic rings. The summed E-state index contributed by atoms with van der Waals surface area (Å²) in [5.41, 5.74) is 0.673. The number of anilines is 1. The third-order valence-corrected chi connectivity index (χ3v) is 4.80. The fourth-order valence-corrected chi connectivity index (χ4v) is 3.32. The number of hydrogen-bond donors (Lipinski definition) is 1. The van der Waals surface area contributed by atoms with Crippen molar-refractivity contribution < 1.29 is 9.59 Å². The Morgan fingerprint density at radius 2 is 2.19 bits per heavy atom. The predicted molar refractivity (Wildman–Crippen MR) is 92.5 cm³/mol. The van der Waals surface area contributed by atoms with Crippen LogP contribution in [0.5, 0.6) is 0 Å². The Hall–Kier alpha value is -0.820. The van der Waals surface area contributed by atoms with Crippen LogP contribution in [0.4, 0.5) is 5.69 Å². The van der Waals surface area contributed by atoms with Crippen LogP contribution in [-0.2, 0) is 9.59 Å². The van der Waals surface area contributed by atoms with Gasteiger partial charge in [0, 0.05) is 16.5 Å². The highest BCUT2D eigenvalue weighted by Crippen LogP contribution is 2.29. The van der Waals surface area contributed by atoms with Gasteiger partial charge < -0.3 is 10.2 Å². The molecular weight excluding hydrogens is 403 g/mol. The number of hydrogen-bond acceptors (Lipinski definition) is 2.